The Morgan fingerprint density at radius 2 is 2.50 bits per heavy atom. The van der Waals surface area contributed by atoms with E-state index in [0.717, 1.165) is 18.8 Å². The summed E-state index contributed by atoms with van der Waals surface area (Å²) in [5, 5.41) is 8.84. The smallest absolute Gasteiger partial charge is 0.223 e. The fourth-order valence-electron chi connectivity index (χ4n) is 1.39. The van der Waals surface area contributed by atoms with Crippen molar-refractivity contribution in [1.82, 2.24) is 4.90 Å². The first-order valence-electron chi connectivity index (χ1n) is 4.15. The molecule has 0 aromatic carbocycles. The molecule has 1 aliphatic heterocycles. The minimum Gasteiger partial charge on any atom is -0.396 e. The lowest BCUT2D eigenvalue weighted by Gasteiger charge is -2.14. The summed E-state index contributed by atoms with van der Waals surface area (Å²) in [7, 11) is 0. The maximum atomic E-state index is 11.3. The van der Waals surface area contributed by atoms with Crippen molar-refractivity contribution in [3.63, 3.8) is 0 Å². The molecular weight excluding hydrogens is 174 g/mol. The summed E-state index contributed by atoms with van der Waals surface area (Å²) in [6, 6.07) is 0. The van der Waals surface area contributed by atoms with Crippen LogP contribution >= 0.6 is 11.8 Å². The van der Waals surface area contributed by atoms with Gasteiger partial charge in [-0.15, -0.1) is 0 Å². The van der Waals surface area contributed by atoms with Crippen molar-refractivity contribution in [1.29, 1.82) is 0 Å². The number of nitrogens with zero attached hydrogens (tertiary/aromatic N) is 1. The highest BCUT2D eigenvalue weighted by Gasteiger charge is 2.28. The number of thioether (sulfide) groups is 1. The first-order chi connectivity index (χ1) is 5.77. The van der Waals surface area contributed by atoms with Crippen LogP contribution in [0.5, 0.6) is 0 Å². The van der Waals surface area contributed by atoms with Crippen LogP contribution in [-0.4, -0.2) is 47.6 Å². The van der Waals surface area contributed by atoms with Gasteiger partial charge < -0.3 is 10.0 Å². The van der Waals surface area contributed by atoms with Gasteiger partial charge in [0.2, 0.25) is 5.91 Å². The van der Waals surface area contributed by atoms with Gasteiger partial charge in [-0.05, 0) is 6.26 Å². The fraction of sp³-hybridized carbons (Fsp3) is 0.875. The van der Waals surface area contributed by atoms with Crippen LogP contribution in [0.3, 0.4) is 0 Å². The third kappa shape index (κ3) is 2.38. The molecule has 70 valence electrons. The van der Waals surface area contributed by atoms with Gasteiger partial charge in [-0.3, -0.25) is 4.79 Å². The lowest BCUT2D eigenvalue weighted by atomic mass is 10.1. The van der Waals surface area contributed by atoms with E-state index in [2.05, 4.69) is 0 Å². The summed E-state index contributed by atoms with van der Waals surface area (Å²) < 4.78 is 0. The standard InChI is InChI=1S/C8H15NO2S/c1-12-3-2-9-5-7(6-10)4-8(9)11/h7,10H,2-6H2,1H3. The molecule has 0 saturated carbocycles. The molecule has 1 N–H and O–H groups in total. The number of amides is 1. The molecule has 0 spiro atoms. The monoisotopic (exact) mass is 189 g/mol. The zero-order chi connectivity index (χ0) is 8.97. The molecule has 0 aliphatic carbocycles. The highest BCUT2D eigenvalue weighted by atomic mass is 32.2. The summed E-state index contributed by atoms with van der Waals surface area (Å²) in [4.78, 5) is 13.1. The zero-order valence-corrected chi connectivity index (χ0v) is 8.14. The molecule has 1 amide bonds. The molecule has 1 unspecified atom stereocenters. The molecular formula is C8H15NO2S. The van der Waals surface area contributed by atoms with Crippen LogP contribution in [0.4, 0.5) is 0 Å². The number of aliphatic hydroxyl groups excluding tert-OH is 1. The normalized spacial score (nSPS) is 23.7. The first-order valence-corrected chi connectivity index (χ1v) is 5.55. The number of hydrogen-bond donors (Lipinski definition) is 1. The Labute approximate surface area is 77.1 Å². The zero-order valence-electron chi connectivity index (χ0n) is 7.32. The maximum Gasteiger partial charge on any atom is 0.223 e. The van der Waals surface area contributed by atoms with Crippen molar-refractivity contribution >= 4 is 17.7 Å². The van der Waals surface area contributed by atoms with E-state index >= 15 is 0 Å². The van der Waals surface area contributed by atoms with Crippen molar-refractivity contribution in [2.75, 3.05) is 31.7 Å². The van der Waals surface area contributed by atoms with Crippen molar-refractivity contribution < 1.29 is 9.90 Å². The summed E-state index contributed by atoms with van der Waals surface area (Å²) in [5.41, 5.74) is 0. The second kappa shape index (κ2) is 4.72. The minimum atomic E-state index is 0.140. The van der Waals surface area contributed by atoms with Crippen molar-refractivity contribution in [2.24, 2.45) is 5.92 Å². The predicted molar refractivity (Wildman–Crippen MR) is 50.2 cm³/mol. The molecule has 1 atom stereocenters. The second-order valence-corrected chi connectivity index (χ2v) is 4.07. The van der Waals surface area contributed by atoms with E-state index in [1.165, 1.54) is 0 Å². The molecule has 0 bridgehead atoms. The van der Waals surface area contributed by atoms with Gasteiger partial charge in [-0.2, -0.15) is 11.8 Å². The van der Waals surface area contributed by atoms with Crippen LogP contribution in [-0.2, 0) is 4.79 Å². The largest absolute Gasteiger partial charge is 0.396 e. The molecule has 1 saturated heterocycles. The Kier molecular flexibility index (Phi) is 3.88. The number of carbonyl (C=O) groups excluding carboxylic acids is 1. The van der Waals surface area contributed by atoms with E-state index in [0.29, 0.717) is 6.42 Å². The molecule has 4 heteroatoms. The third-order valence-corrected chi connectivity index (χ3v) is 2.71. The summed E-state index contributed by atoms with van der Waals surface area (Å²) >= 11 is 1.74. The molecule has 0 aromatic rings. The van der Waals surface area contributed by atoms with Crippen molar-refractivity contribution in [2.45, 2.75) is 6.42 Å². The Morgan fingerprint density at radius 3 is 3.00 bits per heavy atom. The highest BCUT2D eigenvalue weighted by Crippen LogP contribution is 2.16. The Hall–Kier alpha value is -0.220. The molecule has 1 fully saturated rings. The van der Waals surface area contributed by atoms with Gasteiger partial charge >= 0.3 is 0 Å². The van der Waals surface area contributed by atoms with E-state index in [1.807, 2.05) is 11.2 Å². The van der Waals surface area contributed by atoms with Crippen LogP contribution in [0.1, 0.15) is 6.42 Å². The average Bonchev–Trinajstić information content (AvgIpc) is 2.43. The Bertz CT molecular complexity index is 163. The summed E-state index contributed by atoms with van der Waals surface area (Å²) in [6.07, 6.45) is 2.56. The topological polar surface area (TPSA) is 40.5 Å². The van der Waals surface area contributed by atoms with Crippen molar-refractivity contribution in [3.05, 3.63) is 0 Å². The summed E-state index contributed by atoms with van der Waals surface area (Å²) in [6.45, 7) is 1.72. The van der Waals surface area contributed by atoms with Gasteiger partial charge in [0.05, 0.1) is 0 Å². The van der Waals surface area contributed by atoms with E-state index in [4.69, 9.17) is 5.11 Å². The molecule has 12 heavy (non-hydrogen) atoms. The van der Waals surface area contributed by atoms with Crippen LogP contribution in [0, 0.1) is 5.92 Å². The van der Waals surface area contributed by atoms with E-state index in [9.17, 15) is 4.79 Å². The second-order valence-electron chi connectivity index (χ2n) is 3.09. The predicted octanol–water partition coefficient (Wildman–Crippen LogP) is 0.190. The van der Waals surface area contributed by atoms with Crippen LogP contribution in [0.2, 0.25) is 0 Å². The number of likely N-dealkylation sites (tertiary alicyclic amines) is 1. The average molecular weight is 189 g/mol. The number of rotatable bonds is 4. The number of hydrogen-bond acceptors (Lipinski definition) is 3. The Balaban J connectivity index is 2.31. The van der Waals surface area contributed by atoms with E-state index < -0.39 is 0 Å². The maximum absolute atomic E-state index is 11.3. The summed E-state index contributed by atoms with van der Waals surface area (Å²) in [5.74, 6) is 1.37. The third-order valence-electron chi connectivity index (χ3n) is 2.12. The number of carbonyl (C=O) groups is 1. The lowest BCUT2D eigenvalue weighted by molar-refractivity contribution is -0.127. The van der Waals surface area contributed by atoms with Gasteiger partial charge in [0.15, 0.2) is 0 Å². The van der Waals surface area contributed by atoms with Gasteiger partial charge in [0.25, 0.3) is 0 Å². The van der Waals surface area contributed by atoms with Crippen molar-refractivity contribution in [3.8, 4) is 0 Å². The quantitative estimate of drug-likeness (QED) is 0.686. The molecule has 1 heterocycles. The molecule has 0 radical (unpaired) electrons. The lowest BCUT2D eigenvalue weighted by Crippen LogP contribution is -2.27. The van der Waals surface area contributed by atoms with Gasteiger partial charge in [0.1, 0.15) is 0 Å². The highest BCUT2D eigenvalue weighted by molar-refractivity contribution is 7.98. The molecule has 1 aliphatic rings. The van der Waals surface area contributed by atoms with Crippen LogP contribution < -0.4 is 0 Å². The van der Waals surface area contributed by atoms with Gasteiger partial charge in [-0.1, -0.05) is 0 Å². The first kappa shape index (κ1) is 9.86. The fourth-order valence-corrected chi connectivity index (χ4v) is 1.80. The Morgan fingerprint density at radius 1 is 1.75 bits per heavy atom. The number of aliphatic hydroxyl groups is 1. The van der Waals surface area contributed by atoms with E-state index in [-0.39, 0.29) is 18.4 Å². The molecule has 1 rings (SSSR count). The minimum absolute atomic E-state index is 0.140. The molecule has 3 nitrogen and oxygen atoms in total. The van der Waals surface area contributed by atoms with Crippen LogP contribution in [0.25, 0.3) is 0 Å². The molecule has 0 aromatic heterocycles. The van der Waals surface area contributed by atoms with Gasteiger partial charge in [0, 0.05) is 37.8 Å². The SMILES string of the molecule is CSCCN1CC(CO)CC1=O. The van der Waals surface area contributed by atoms with E-state index in [1.54, 1.807) is 11.8 Å². The van der Waals surface area contributed by atoms with Gasteiger partial charge in [-0.25, -0.2) is 0 Å². The van der Waals surface area contributed by atoms with Crippen LogP contribution in [0.15, 0.2) is 0 Å².